The van der Waals surface area contributed by atoms with Gasteiger partial charge in [-0.3, -0.25) is 0 Å². The second-order valence-electron chi connectivity index (χ2n) is 4.53. The summed E-state index contributed by atoms with van der Waals surface area (Å²) < 4.78 is 26.1. The van der Waals surface area contributed by atoms with Crippen molar-refractivity contribution in [2.24, 2.45) is 5.92 Å². The normalized spacial score (nSPS) is 22.1. The molecule has 1 aromatic carbocycles. The summed E-state index contributed by atoms with van der Waals surface area (Å²) in [6, 6.07) is 8.84. The molecule has 1 saturated heterocycles. The van der Waals surface area contributed by atoms with Crippen LogP contribution in [-0.2, 0) is 10.0 Å². The molecule has 88 valence electrons. The van der Waals surface area contributed by atoms with E-state index < -0.39 is 10.0 Å². The molecular formula is C12H17NO2S. The zero-order chi connectivity index (χ0) is 11.8. The van der Waals surface area contributed by atoms with Crippen molar-refractivity contribution in [2.45, 2.75) is 31.2 Å². The number of sulfonamides is 1. The van der Waals surface area contributed by atoms with Crippen molar-refractivity contribution in [1.29, 1.82) is 0 Å². The van der Waals surface area contributed by atoms with E-state index in [2.05, 4.69) is 13.8 Å². The van der Waals surface area contributed by atoms with Gasteiger partial charge < -0.3 is 0 Å². The van der Waals surface area contributed by atoms with Crippen LogP contribution in [0.3, 0.4) is 0 Å². The van der Waals surface area contributed by atoms with E-state index in [1.165, 1.54) is 0 Å². The molecule has 1 aromatic rings. The summed E-state index contributed by atoms with van der Waals surface area (Å²) in [5, 5.41) is 0. The van der Waals surface area contributed by atoms with Crippen molar-refractivity contribution in [3.63, 3.8) is 0 Å². The molecule has 0 amide bonds. The summed E-state index contributed by atoms with van der Waals surface area (Å²) in [6.07, 6.45) is 0.976. The van der Waals surface area contributed by atoms with Gasteiger partial charge in [0.2, 0.25) is 10.0 Å². The monoisotopic (exact) mass is 239 g/mol. The minimum Gasteiger partial charge on any atom is -0.207 e. The van der Waals surface area contributed by atoms with Gasteiger partial charge in [0.1, 0.15) is 0 Å². The summed E-state index contributed by atoms with van der Waals surface area (Å²) >= 11 is 0. The van der Waals surface area contributed by atoms with Gasteiger partial charge in [-0.25, -0.2) is 8.42 Å². The van der Waals surface area contributed by atoms with Crippen molar-refractivity contribution in [3.8, 4) is 0 Å². The van der Waals surface area contributed by atoms with Crippen molar-refractivity contribution in [2.75, 3.05) is 6.54 Å². The third-order valence-electron chi connectivity index (χ3n) is 3.13. The fraction of sp³-hybridized carbons (Fsp3) is 0.500. The molecule has 0 N–H and O–H groups in total. The summed E-state index contributed by atoms with van der Waals surface area (Å²) in [4.78, 5) is 0.403. The fourth-order valence-electron chi connectivity index (χ4n) is 2.08. The maximum atomic E-state index is 12.3. The maximum Gasteiger partial charge on any atom is 0.243 e. The summed E-state index contributed by atoms with van der Waals surface area (Å²) in [7, 11) is -3.26. The van der Waals surface area contributed by atoms with Crippen molar-refractivity contribution >= 4 is 10.0 Å². The smallest absolute Gasteiger partial charge is 0.207 e. The van der Waals surface area contributed by atoms with Gasteiger partial charge in [-0.1, -0.05) is 32.0 Å². The van der Waals surface area contributed by atoms with Gasteiger partial charge in [0.15, 0.2) is 0 Å². The molecule has 2 rings (SSSR count). The largest absolute Gasteiger partial charge is 0.243 e. The lowest BCUT2D eigenvalue weighted by molar-refractivity contribution is 0.150. The lowest BCUT2D eigenvalue weighted by Crippen LogP contribution is -2.53. The van der Waals surface area contributed by atoms with Crippen molar-refractivity contribution in [3.05, 3.63) is 30.3 Å². The molecule has 0 unspecified atom stereocenters. The van der Waals surface area contributed by atoms with Gasteiger partial charge in [0.05, 0.1) is 4.90 Å². The first-order valence-electron chi connectivity index (χ1n) is 5.60. The van der Waals surface area contributed by atoms with E-state index in [4.69, 9.17) is 0 Å². The van der Waals surface area contributed by atoms with Crippen LogP contribution in [0.1, 0.15) is 20.3 Å². The molecule has 1 heterocycles. The average molecular weight is 239 g/mol. The zero-order valence-electron chi connectivity index (χ0n) is 9.63. The predicted molar refractivity (Wildman–Crippen MR) is 63.6 cm³/mol. The predicted octanol–water partition coefficient (Wildman–Crippen LogP) is 2.11. The second-order valence-corrected chi connectivity index (χ2v) is 6.42. The molecule has 3 nitrogen and oxygen atoms in total. The summed E-state index contributed by atoms with van der Waals surface area (Å²) in [5.41, 5.74) is 0. The molecule has 0 bridgehead atoms. The number of nitrogens with zero attached hydrogens (tertiary/aromatic N) is 1. The molecule has 1 fully saturated rings. The number of benzene rings is 1. The highest BCUT2D eigenvalue weighted by Crippen LogP contribution is 2.30. The Bertz CT molecular complexity index is 453. The van der Waals surface area contributed by atoms with Gasteiger partial charge in [-0.05, 0) is 24.5 Å². The van der Waals surface area contributed by atoms with Crippen molar-refractivity contribution < 1.29 is 8.42 Å². The molecule has 4 heteroatoms. The number of rotatable bonds is 3. The molecule has 0 radical (unpaired) electrons. The van der Waals surface area contributed by atoms with Gasteiger partial charge in [-0.15, -0.1) is 0 Å². The van der Waals surface area contributed by atoms with Crippen LogP contribution in [0.15, 0.2) is 35.2 Å². The molecule has 1 aliphatic rings. The van der Waals surface area contributed by atoms with Crippen LogP contribution >= 0.6 is 0 Å². The Labute approximate surface area is 97.1 Å². The minimum absolute atomic E-state index is 0.171. The first kappa shape index (κ1) is 11.6. The number of hydrogen-bond donors (Lipinski definition) is 0. The molecule has 16 heavy (non-hydrogen) atoms. The van der Waals surface area contributed by atoms with E-state index >= 15 is 0 Å². The maximum absolute atomic E-state index is 12.3. The molecular weight excluding hydrogens is 222 g/mol. The van der Waals surface area contributed by atoms with E-state index in [-0.39, 0.29) is 6.04 Å². The average Bonchev–Trinajstić information content (AvgIpc) is 2.15. The Morgan fingerprint density at radius 1 is 1.25 bits per heavy atom. The first-order chi connectivity index (χ1) is 7.53. The molecule has 0 saturated carbocycles. The van der Waals surface area contributed by atoms with E-state index in [1.54, 1.807) is 28.6 Å². The molecule has 1 atom stereocenters. The Morgan fingerprint density at radius 2 is 1.88 bits per heavy atom. The van der Waals surface area contributed by atoms with Crippen LogP contribution in [0, 0.1) is 5.92 Å². The Hall–Kier alpha value is -0.870. The lowest BCUT2D eigenvalue weighted by Gasteiger charge is -2.42. The van der Waals surface area contributed by atoms with Gasteiger partial charge in [0, 0.05) is 12.6 Å². The molecule has 1 aliphatic heterocycles. The van der Waals surface area contributed by atoms with Crippen LogP contribution in [0.5, 0.6) is 0 Å². The highest BCUT2D eigenvalue weighted by molar-refractivity contribution is 7.89. The van der Waals surface area contributed by atoms with Crippen molar-refractivity contribution in [1.82, 2.24) is 4.31 Å². The lowest BCUT2D eigenvalue weighted by atomic mass is 9.95. The standard InChI is InChI=1S/C12H17NO2S/c1-10(2)12-8-9-13(12)16(14,15)11-6-4-3-5-7-11/h3-7,10,12H,8-9H2,1-2H3/t12-/m1/s1. The van der Waals surface area contributed by atoms with Gasteiger partial charge >= 0.3 is 0 Å². The first-order valence-corrected chi connectivity index (χ1v) is 7.04. The zero-order valence-corrected chi connectivity index (χ0v) is 10.4. The highest BCUT2D eigenvalue weighted by atomic mass is 32.2. The Kier molecular flexibility index (Phi) is 3.04. The second kappa shape index (κ2) is 4.18. The SMILES string of the molecule is CC(C)[C@H]1CCN1S(=O)(=O)c1ccccc1. The fourth-order valence-corrected chi connectivity index (χ4v) is 3.90. The minimum atomic E-state index is -3.26. The third kappa shape index (κ3) is 1.87. The highest BCUT2D eigenvalue weighted by Gasteiger charge is 2.39. The summed E-state index contributed by atoms with van der Waals surface area (Å²) in [5.74, 6) is 0.382. The number of hydrogen-bond acceptors (Lipinski definition) is 2. The summed E-state index contributed by atoms with van der Waals surface area (Å²) in [6.45, 7) is 4.79. The Morgan fingerprint density at radius 3 is 2.31 bits per heavy atom. The molecule has 0 aromatic heterocycles. The third-order valence-corrected chi connectivity index (χ3v) is 5.07. The van der Waals surface area contributed by atoms with Crippen LogP contribution < -0.4 is 0 Å². The topological polar surface area (TPSA) is 37.4 Å². The van der Waals surface area contributed by atoms with Gasteiger partial charge in [0.25, 0.3) is 0 Å². The Balaban J connectivity index is 2.28. The van der Waals surface area contributed by atoms with Crippen LogP contribution in [0.25, 0.3) is 0 Å². The van der Waals surface area contributed by atoms with E-state index in [9.17, 15) is 8.42 Å². The van der Waals surface area contributed by atoms with E-state index in [0.29, 0.717) is 17.4 Å². The molecule has 0 aliphatic carbocycles. The van der Waals surface area contributed by atoms with Crippen LogP contribution in [0.2, 0.25) is 0 Å². The van der Waals surface area contributed by atoms with Gasteiger partial charge in [-0.2, -0.15) is 4.31 Å². The quantitative estimate of drug-likeness (QED) is 0.810. The molecule has 0 spiro atoms. The van der Waals surface area contributed by atoms with Crippen LogP contribution in [0.4, 0.5) is 0 Å². The van der Waals surface area contributed by atoms with Crippen LogP contribution in [-0.4, -0.2) is 25.3 Å². The van der Waals surface area contributed by atoms with E-state index in [0.717, 1.165) is 6.42 Å². The van der Waals surface area contributed by atoms with E-state index in [1.807, 2.05) is 6.07 Å².